The first-order valence-corrected chi connectivity index (χ1v) is 7.65. The third kappa shape index (κ3) is 9.38. The molecule has 0 heteroatoms. The molecule has 110 valence electrons. The highest BCUT2D eigenvalue weighted by Gasteiger charge is 1.96. The van der Waals surface area contributed by atoms with Crippen molar-refractivity contribution in [3.8, 4) is 0 Å². The smallest absolute Gasteiger partial charge is 0.0256 e. The lowest BCUT2D eigenvalue weighted by Crippen LogP contribution is -1.93. The summed E-state index contributed by atoms with van der Waals surface area (Å²) in [4.78, 5) is 0. The topological polar surface area (TPSA) is 0 Å². The van der Waals surface area contributed by atoms with Gasteiger partial charge in [-0.05, 0) is 31.7 Å². The predicted octanol–water partition coefficient (Wildman–Crippen LogP) is 6.21. The van der Waals surface area contributed by atoms with E-state index in [1.54, 1.807) is 0 Å². The van der Waals surface area contributed by atoms with E-state index in [0.717, 1.165) is 5.92 Å². The van der Waals surface area contributed by atoms with Gasteiger partial charge in [0, 0.05) is 0 Å². The number of aryl methyl sites for hydroxylation is 2. The Balaban J connectivity index is 0.000000345. The maximum Gasteiger partial charge on any atom is -0.0256 e. The van der Waals surface area contributed by atoms with Crippen molar-refractivity contribution >= 4 is 0 Å². The first-order valence-electron chi connectivity index (χ1n) is 7.65. The quantitative estimate of drug-likeness (QED) is 0.608. The molecule has 0 N–H and O–H groups in total. The van der Waals surface area contributed by atoms with Gasteiger partial charge in [-0.2, -0.15) is 0 Å². The van der Waals surface area contributed by atoms with Gasteiger partial charge < -0.3 is 0 Å². The van der Waals surface area contributed by atoms with E-state index in [1.165, 1.54) is 23.1 Å². The van der Waals surface area contributed by atoms with Crippen molar-refractivity contribution in [2.24, 2.45) is 5.92 Å². The fraction of sp³-hybridized carbons (Fsp3) is 0.400. The largest absolute Gasteiger partial charge is 0.0683 e. The minimum atomic E-state index is 0.761. The maximum absolute atomic E-state index is 2.26. The van der Waals surface area contributed by atoms with Crippen LogP contribution in [0.4, 0.5) is 0 Å². The number of rotatable bonds is 2. The Labute approximate surface area is 125 Å². The normalized spacial score (nSPS) is 9.15. The highest BCUT2D eigenvalue weighted by Crippen LogP contribution is 2.09. The fourth-order valence-corrected chi connectivity index (χ4v) is 1.84. The van der Waals surface area contributed by atoms with Gasteiger partial charge in [-0.15, -0.1) is 0 Å². The lowest BCUT2D eigenvalue weighted by Gasteiger charge is -2.04. The summed E-state index contributed by atoms with van der Waals surface area (Å²) in [5, 5.41) is 0. The molecule has 0 fully saturated rings. The third-order valence-corrected chi connectivity index (χ3v) is 2.67. The van der Waals surface area contributed by atoms with Crippen LogP contribution in [0.25, 0.3) is 0 Å². The van der Waals surface area contributed by atoms with Gasteiger partial charge in [0.05, 0.1) is 0 Å². The monoisotopic (exact) mass is 270 g/mol. The molecule has 0 atom stereocenters. The zero-order chi connectivity index (χ0) is 15.4. The average Bonchev–Trinajstić information content (AvgIpc) is 2.42. The van der Waals surface area contributed by atoms with Crippen LogP contribution in [0.5, 0.6) is 0 Å². The van der Waals surface area contributed by atoms with Gasteiger partial charge in [0.1, 0.15) is 0 Å². The molecule has 0 aliphatic heterocycles. The minimum absolute atomic E-state index is 0.761. The molecule has 0 saturated carbocycles. The molecule has 2 rings (SSSR count). The van der Waals surface area contributed by atoms with Crippen LogP contribution in [0.15, 0.2) is 54.6 Å². The van der Waals surface area contributed by atoms with E-state index >= 15 is 0 Å². The SMILES string of the molecule is CC.Cc1cccc(CC(C)C)c1.Cc1ccccc1. The summed E-state index contributed by atoms with van der Waals surface area (Å²) < 4.78 is 0. The second-order valence-corrected chi connectivity index (χ2v) is 5.24. The molecule has 0 spiro atoms. The summed E-state index contributed by atoms with van der Waals surface area (Å²) in [6, 6.07) is 19.0. The molecule has 0 heterocycles. The maximum atomic E-state index is 2.26. The van der Waals surface area contributed by atoms with Crippen LogP contribution >= 0.6 is 0 Å². The van der Waals surface area contributed by atoms with Gasteiger partial charge in [-0.1, -0.05) is 93.4 Å². The highest BCUT2D eigenvalue weighted by molar-refractivity contribution is 5.22. The van der Waals surface area contributed by atoms with E-state index in [0.29, 0.717) is 0 Å². The number of hydrogen-bond donors (Lipinski definition) is 0. The van der Waals surface area contributed by atoms with Crippen LogP contribution in [-0.2, 0) is 6.42 Å². The highest BCUT2D eigenvalue weighted by atomic mass is 14.0. The van der Waals surface area contributed by atoms with Crippen LogP contribution in [0, 0.1) is 19.8 Å². The van der Waals surface area contributed by atoms with E-state index in [9.17, 15) is 0 Å². The Morgan fingerprint density at radius 1 is 0.750 bits per heavy atom. The van der Waals surface area contributed by atoms with Crippen LogP contribution in [0.2, 0.25) is 0 Å². The Morgan fingerprint density at radius 2 is 1.30 bits per heavy atom. The van der Waals surface area contributed by atoms with Crippen molar-refractivity contribution in [3.63, 3.8) is 0 Å². The van der Waals surface area contributed by atoms with Gasteiger partial charge in [0.2, 0.25) is 0 Å². The van der Waals surface area contributed by atoms with Crippen molar-refractivity contribution in [2.75, 3.05) is 0 Å². The second kappa shape index (κ2) is 11.3. The Morgan fingerprint density at radius 3 is 1.70 bits per heavy atom. The zero-order valence-corrected chi connectivity index (χ0v) is 14.0. The number of hydrogen-bond acceptors (Lipinski definition) is 0. The average molecular weight is 270 g/mol. The molecule has 0 radical (unpaired) electrons. The summed E-state index contributed by atoms with van der Waals surface area (Å²) in [6.45, 7) is 12.7. The summed E-state index contributed by atoms with van der Waals surface area (Å²) in [6.07, 6.45) is 1.20. The fourth-order valence-electron chi connectivity index (χ4n) is 1.84. The molecule has 2 aromatic rings. The molecule has 2 aromatic carbocycles. The molecule has 0 aliphatic rings. The molecule has 0 unspecified atom stereocenters. The molecule has 0 saturated heterocycles. The molecule has 0 bridgehead atoms. The van der Waals surface area contributed by atoms with E-state index in [-0.39, 0.29) is 0 Å². The van der Waals surface area contributed by atoms with Crippen LogP contribution in [-0.4, -0.2) is 0 Å². The molecular weight excluding hydrogens is 240 g/mol. The van der Waals surface area contributed by atoms with Crippen LogP contribution in [0.1, 0.15) is 44.4 Å². The van der Waals surface area contributed by atoms with Crippen molar-refractivity contribution in [1.29, 1.82) is 0 Å². The van der Waals surface area contributed by atoms with Crippen LogP contribution in [0.3, 0.4) is 0 Å². The van der Waals surface area contributed by atoms with Gasteiger partial charge in [0.25, 0.3) is 0 Å². The molecule has 0 aliphatic carbocycles. The van der Waals surface area contributed by atoms with Crippen molar-refractivity contribution in [2.45, 2.75) is 48.0 Å². The molecule has 0 aromatic heterocycles. The number of benzene rings is 2. The lowest BCUT2D eigenvalue weighted by atomic mass is 10.0. The first kappa shape index (κ1) is 18.4. The standard InChI is InChI=1S/C11H16.C7H8.C2H6/c1-9(2)7-11-6-4-5-10(3)8-11;1-7-5-3-2-4-6-7;1-2/h4-6,8-9H,7H2,1-3H3;2-6H,1H3;1-2H3. The summed E-state index contributed by atoms with van der Waals surface area (Å²) in [7, 11) is 0. The molecular formula is C20H30. The predicted molar refractivity (Wildman–Crippen MR) is 92.2 cm³/mol. The van der Waals surface area contributed by atoms with E-state index in [2.05, 4.69) is 64.1 Å². The van der Waals surface area contributed by atoms with E-state index in [4.69, 9.17) is 0 Å². The van der Waals surface area contributed by atoms with Gasteiger partial charge in [-0.25, -0.2) is 0 Å². The summed E-state index contributed by atoms with van der Waals surface area (Å²) in [5.74, 6) is 0.761. The van der Waals surface area contributed by atoms with Gasteiger partial charge in [-0.3, -0.25) is 0 Å². The first-order chi connectivity index (χ1) is 9.58. The molecule has 0 amide bonds. The Bertz CT molecular complexity index is 441. The van der Waals surface area contributed by atoms with Crippen molar-refractivity contribution in [1.82, 2.24) is 0 Å². The summed E-state index contributed by atoms with van der Waals surface area (Å²) >= 11 is 0. The molecule has 0 nitrogen and oxygen atoms in total. The van der Waals surface area contributed by atoms with Crippen molar-refractivity contribution in [3.05, 3.63) is 71.3 Å². The van der Waals surface area contributed by atoms with Crippen LogP contribution < -0.4 is 0 Å². The van der Waals surface area contributed by atoms with Crippen molar-refractivity contribution < 1.29 is 0 Å². The zero-order valence-electron chi connectivity index (χ0n) is 14.0. The van der Waals surface area contributed by atoms with Gasteiger partial charge in [0.15, 0.2) is 0 Å². The van der Waals surface area contributed by atoms with E-state index < -0.39 is 0 Å². The molecule has 20 heavy (non-hydrogen) atoms. The third-order valence-electron chi connectivity index (χ3n) is 2.67. The lowest BCUT2D eigenvalue weighted by molar-refractivity contribution is 0.647. The Kier molecular flexibility index (Phi) is 10.4. The van der Waals surface area contributed by atoms with E-state index in [1.807, 2.05) is 32.0 Å². The minimum Gasteiger partial charge on any atom is -0.0683 e. The summed E-state index contributed by atoms with van der Waals surface area (Å²) in [5.41, 5.74) is 4.14. The second-order valence-electron chi connectivity index (χ2n) is 5.24. The van der Waals surface area contributed by atoms with Gasteiger partial charge >= 0.3 is 0 Å². The Hall–Kier alpha value is -1.56.